The van der Waals surface area contributed by atoms with E-state index in [2.05, 4.69) is 5.32 Å². The minimum Gasteiger partial charge on any atom is -0.497 e. The smallest absolute Gasteiger partial charge is 0.253 e. The second-order valence-corrected chi connectivity index (χ2v) is 6.05. The Morgan fingerprint density at radius 2 is 2.05 bits per heavy atom. The van der Waals surface area contributed by atoms with Crippen LogP contribution in [0.2, 0.25) is 0 Å². The largest absolute Gasteiger partial charge is 0.497 e. The molecule has 3 N–H and O–H groups in total. The number of benzene rings is 1. The summed E-state index contributed by atoms with van der Waals surface area (Å²) in [6.45, 7) is 0. The Hall–Kier alpha value is -1.91. The van der Waals surface area contributed by atoms with E-state index in [0.29, 0.717) is 28.7 Å². The second-order valence-electron chi connectivity index (χ2n) is 6.05. The van der Waals surface area contributed by atoms with Crippen LogP contribution in [0.4, 0.5) is 5.69 Å². The van der Waals surface area contributed by atoms with Gasteiger partial charge < -0.3 is 20.5 Å². The van der Waals surface area contributed by atoms with Gasteiger partial charge in [-0.15, -0.1) is 0 Å². The zero-order chi connectivity index (χ0) is 15.0. The lowest BCUT2D eigenvalue weighted by molar-refractivity contribution is 0.0923. The standard InChI is InChI=1S/C16H22N2O3/c1-20-11-7-12(15(17)14(8-11)21-2)16(19)18-13-6-9-3-4-10(13)5-9/h7-10,13H,3-6,17H2,1-2H3,(H,18,19). The van der Waals surface area contributed by atoms with E-state index in [-0.39, 0.29) is 11.9 Å². The molecule has 2 saturated carbocycles. The van der Waals surface area contributed by atoms with Crippen LogP contribution in [0.3, 0.4) is 0 Å². The number of nitrogens with one attached hydrogen (secondary N) is 1. The van der Waals surface area contributed by atoms with Crippen LogP contribution in [0.15, 0.2) is 12.1 Å². The third-order valence-corrected chi connectivity index (χ3v) is 4.87. The molecule has 3 rings (SSSR count). The predicted molar refractivity (Wildman–Crippen MR) is 80.7 cm³/mol. The molecule has 114 valence electrons. The van der Waals surface area contributed by atoms with Gasteiger partial charge in [-0.2, -0.15) is 0 Å². The molecule has 0 aromatic heterocycles. The summed E-state index contributed by atoms with van der Waals surface area (Å²) in [6.07, 6.45) is 4.89. The highest BCUT2D eigenvalue weighted by Gasteiger charge is 2.40. The Morgan fingerprint density at radius 1 is 1.24 bits per heavy atom. The lowest BCUT2D eigenvalue weighted by atomic mass is 9.95. The number of hydrogen-bond donors (Lipinski definition) is 2. The average Bonchev–Trinajstić information content (AvgIpc) is 3.10. The third-order valence-electron chi connectivity index (χ3n) is 4.87. The van der Waals surface area contributed by atoms with Crippen molar-refractivity contribution in [1.82, 2.24) is 5.32 Å². The molecule has 0 spiro atoms. The fourth-order valence-corrected chi connectivity index (χ4v) is 3.74. The van der Waals surface area contributed by atoms with E-state index in [9.17, 15) is 4.79 Å². The predicted octanol–water partition coefficient (Wildman–Crippen LogP) is 2.20. The first-order chi connectivity index (χ1) is 10.1. The van der Waals surface area contributed by atoms with E-state index in [1.807, 2.05) is 0 Å². The van der Waals surface area contributed by atoms with Gasteiger partial charge in [-0.05, 0) is 37.2 Å². The first-order valence-electron chi connectivity index (χ1n) is 7.44. The van der Waals surface area contributed by atoms with E-state index >= 15 is 0 Å². The molecule has 2 fully saturated rings. The topological polar surface area (TPSA) is 73.6 Å². The maximum Gasteiger partial charge on any atom is 0.253 e. The number of anilines is 1. The van der Waals surface area contributed by atoms with Crippen LogP contribution >= 0.6 is 0 Å². The number of hydrogen-bond acceptors (Lipinski definition) is 4. The monoisotopic (exact) mass is 290 g/mol. The highest BCUT2D eigenvalue weighted by molar-refractivity contribution is 6.01. The molecule has 2 aliphatic rings. The van der Waals surface area contributed by atoms with Crippen LogP contribution in [-0.2, 0) is 0 Å². The molecular weight excluding hydrogens is 268 g/mol. The SMILES string of the molecule is COc1cc(OC)c(N)c(C(=O)NC2CC3CCC2C3)c1. The Balaban J connectivity index is 1.80. The quantitative estimate of drug-likeness (QED) is 0.834. The third kappa shape index (κ3) is 2.52. The van der Waals surface area contributed by atoms with Crippen molar-refractivity contribution >= 4 is 11.6 Å². The zero-order valence-electron chi connectivity index (χ0n) is 12.5. The molecular formula is C16H22N2O3. The zero-order valence-corrected chi connectivity index (χ0v) is 12.5. The van der Waals surface area contributed by atoms with Crippen molar-refractivity contribution in [3.8, 4) is 11.5 Å². The maximum atomic E-state index is 12.5. The van der Waals surface area contributed by atoms with Crippen LogP contribution in [-0.4, -0.2) is 26.2 Å². The van der Waals surface area contributed by atoms with E-state index in [0.717, 1.165) is 12.3 Å². The molecule has 21 heavy (non-hydrogen) atoms. The van der Waals surface area contributed by atoms with Crippen LogP contribution in [0.25, 0.3) is 0 Å². The number of fused-ring (bicyclic) bond motifs is 2. The van der Waals surface area contributed by atoms with Gasteiger partial charge in [-0.3, -0.25) is 4.79 Å². The van der Waals surface area contributed by atoms with Crippen molar-refractivity contribution in [2.75, 3.05) is 20.0 Å². The minimum atomic E-state index is -0.137. The summed E-state index contributed by atoms with van der Waals surface area (Å²) in [5, 5.41) is 3.14. The summed E-state index contributed by atoms with van der Waals surface area (Å²) in [6, 6.07) is 3.64. The highest BCUT2D eigenvalue weighted by Crippen LogP contribution is 2.44. The molecule has 1 aromatic rings. The van der Waals surface area contributed by atoms with Crippen molar-refractivity contribution in [2.24, 2.45) is 11.8 Å². The first-order valence-corrected chi connectivity index (χ1v) is 7.44. The van der Waals surface area contributed by atoms with Gasteiger partial charge in [-0.1, -0.05) is 6.42 Å². The van der Waals surface area contributed by atoms with Gasteiger partial charge in [0.25, 0.3) is 5.91 Å². The number of amides is 1. The lowest BCUT2D eigenvalue weighted by Crippen LogP contribution is -2.38. The van der Waals surface area contributed by atoms with Gasteiger partial charge in [0.15, 0.2) is 0 Å². The number of carbonyl (C=O) groups is 1. The van der Waals surface area contributed by atoms with Crippen molar-refractivity contribution in [3.63, 3.8) is 0 Å². The van der Waals surface area contributed by atoms with Gasteiger partial charge in [0.1, 0.15) is 11.5 Å². The van der Waals surface area contributed by atoms with E-state index < -0.39 is 0 Å². The van der Waals surface area contributed by atoms with Crippen molar-refractivity contribution in [1.29, 1.82) is 0 Å². The van der Waals surface area contributed by atoms with Crippen LogP contribution in [0.1, 0.15) is 36.0 Å². The summed E-state index contributed by atoms with van der Waals surface area (Å²) in [7, 11) is 3.09. The molecule has 1 amide bonds. The minimum absolute atomic E-state index is 0.137. The van der Waals surface area contributed by atoms with Crippen molar-refractivity contribution in [2.45, 2.75) is 31.7 Å². The molecule has 0 radical (unpaired) electrons. The van der Waals surface area contributed by atoms with Crippen molar-refractivity contribution in [3.05, 3.63) is 17.7 Å². The molecule has 0 heterocycles. The Bertz CT molecular complexity index is 559. The maximum absolute atomic E-state index is 12.5. The summed E-state index contributed by atoms with van der Waals surface area (Å²) in [4.78, 5) is 12.5. The molecule has 1 aromatic carbocycles. The summed E-state index contributed by atoms with van der Waals surface area (Å²) in [5.41, 5.74) is 6.81. The van der Waals surface area contributed by atoms with Gasteiger partial charge in [0.2, 0.25) is 0 Å². The Labute approximate surface area is 124 Å². The second kappa shape index (κ2) is 5.47. The number of rotatable bonds is 4. The van der Waals surface area contributed by atoms with Crippen LogP contribution < -0.4 is 20.5 Å². The molecule has 3 unspecified atom stereocenters. The molecule has 2 bridgehead atoms. The van der Waals surface area contributed by atoms with Crippen molar-refractivity contribution < 1.29 is 14.3 Å². The summed E-state index contributed by atoms with van der Waals surface area (Å²) in [5.74, 6) is 2.32. The number of ether oxygens (including phenoxy) is 2. The van der Waals surface area contributed by atoms with Gasteiger partial charge in [0.05, 0.1) is 25.5 Å². The van der Waals surface area contributed by atoms with Gasteiger partial charge >= 0.3 is 0 Å². The van der Waals surface area contributed by atoms with Gasteiger partial charge in [0, 0.05) is 12.1 Å². The van der Waals surface area contributed by atoms with Crippen LogP contribution in [0.5, 0.6) is 11.5 Å². The molecule has 2 aliphatic carbocycles. The molecule has 0 aliphatic heterocycles. The fraction of sp³-hybridized carbons (Fsp3) is 0.562. The number of nitrogen functional groups attached to an aromatic ring is 1. The summed E-state index contributed by atoms with van der Waals surface area (Å²) >= 11 is 0. The number of carbonyl (C=O) groups excluding carboxylic acids is 1. The number of nitrogens with two attached hydrogens (primary N) is 1. The van der Waals surface area contributed by atoms with Gasteiger partial charge in [-0.25, -0.2) is 0 Å². The molecule has 5 heteroatoms. The Kier molecular flexibility index (Phi) is 3.66. The number of methoxy groups -OCH3 is 2. The normalized spacial score (nSPS) is 26.7. The van der Waals surface area contributed by atoms with Crippen LogP contribution in [0, 0.1) is 11.8 Å². The van der Waals surface area contributed by atoms with E-state index in [1.54, 1.807) is 19.2 Å². The average molecular weight is 290 g/mol. The Morgan fingerprint density at radius 3 is 2.62 bits per heavy atom. The van der Waals surface area contributed by atoms with E-state index in [1.165, 1.54) is 26.4 Å². The lowest BCUT2D eigenvalue weighted by Gasteiger charge is -2.23. The fourth-order valence-electron chi connectivity index (χ4n) is 3.74. The molecule has 5 nitrogen and oxygen atoms in total. The highest BCUT2D eigenvalue weighted by atomic mass is 16.5. The molecule has 3 atom stereocenters. The first kappa shape index (κ1) is 14.0. The van der Waals surface area contributed by atoms with E-state index in [4.69, 9.17) is 15.2 Å². The molecule has 0 saturated heterocycles. The summed E-state index contributed by atoms with van der Waals surface area (Å²) < 4.78 is 10.4.